The molecule has 0 spiro atoms. The number of benzene rings is 1. The Hall–Kier alpha value is -3.50. The minimum absolute atomic E-state index is 0.0607. The van der Waals surface area contributed by atoms with Crippen molar-refractivity contribution in [1.29, 1.82) is 0 Å². The van der Waals surface area contributed by atoms with Crippen LogP contribution in [0.5, 0.6) is 5.75 Å². The molecule has 10 nitrogen and oxygen atoms in total. The second-order valence-electron chi connectivity index (χ2n) is 10.5. The zero-order chi connectivity index (χ0) is 27.6. The van der Waals surface area contributed by atoms with E-state index in [1.807, 2.05) is 6.92 Å². The Morgan fingerprint density at radius 2 is 1.78 bits per heavy atom. The van der Waals surface area contributed by atoms with Crippen LogP contribution in [0.2, 0.25) is 0 Å². The molecule has 1 aromatic rings. The number of ketones is 3. The molecule has 0 aliphatic heterocycles. The highest BCUT2D eigenvalue weighted by molar-refractivity contribution is 6.25. The van der Waals surface area contributed by atoms with Crippen LogP contribution in [0.3, 0.4) is 0 Å². The van der Waals surface area contributed by atoms with E-state index in [0.29, 0.717) is 12.0 Å². The molecule has 10 heteroatoms. The Labute approximate surface area is 214 Å². The number of Topliss-reactive ketones (excluding diaryl/α,β-unsaturated/α-hetero) is 3. The van der Waals surface area contributed by atoms with Gasteiger partial charge in [-0.2, -0.15) is 0 Å². The second-order valence-corrected chi connectivity index (χ2v) is 10.5. The molecule has 6 atom stereocenters. The van der Waals surface area contributed by atoms with Gasteiger partial charge in [0.2, 0.25) is 5.78 Å². The number of aliphatic hydroxyl groups is 3. The zero-order valence-electron chi connectivity index (χ0n) is 21.2. The van der Waals surface area contributed by atoms with Crippen LogP contribution in [0.1, 0.15) is 54.9 Å². The summed E-state index contributed by atoms with van der Waals surface area (Å²) in [5.41, 5.74) is 1.87. The fraction of sp³-hybridized carbons (Fsp3) is 0.481. The SMILES string of the molecule is CCCC(=O)C[C@H]1[C@@H]2C(=C(O)[C@]3(O)C(=O)C(C(N)=O)=C(O)[C@H](N(C)C)[C@@H]13)C(=O)c1c(O)cccc1[C@@H]2C. The first-order valence-electron chi connectivity index (χ1n) is 12.3. The number of rotatable bonds is 6. The number of carbonyl (C=O) groups excluding carboxylic acids is 4. The summed E-state index contributed by atoms with van der Waals surface area (Å²) in [5.74, 6) is -9.03. The van der Waals surface area contributed by atoms with Gasteiger partial charge in [0.05, 0.1) is 11.6 Å². The van der Waals surface area contributed by atoms with Gasteiger partial charge in [-0.3, -0.25) is 24.1 Å². The van der Waals surface area contributed by atoms with Crippen molar-refractivity contribution >= 4 is 23.3 Å². The van der Waals surface area contributed by atoms with Crippen LogP contribution < -0.4 is 5.73 Å². The quantitative estimate of drug-likeness (QED) is 0.355. The summed E-state index contributed by atoms with van der Waals surface area (Å²) in [6.45, 7) is 3.61. The number of phenols is 1. The molecule has 0 heterocycles. The van der Waals surface area contributed by atoms with Crippen LogP contribution in [-0.2, 0) is 14.4 Å². The molecule has 0 radical (unpaired) electrons. The Balaban J connectivity index is 2.09. The predicted octanol–water partition coefficient (Wildman–Crippen LogP) is 1.67. The van der Waals surface area contributed by atoms with Crippen molar-refractivity contribution in [3.05, 3.63) is 52.0 Å². The lowest BCUT2D eigenvalue weighted by Gasteiger charge is -2.55. The van der Waals surface area contributed by atoms with Gasteiger partial charge < -0.3 is 26.2 Å². The van der Waals surface area contributed by atoms with E-state index in [9.17, 15) is 39.6 Å². The Morgan fingerprint density at radius 3 is 2.35 bits per heavy atom. The third kappa shape index (κ3) is 3.61. The lowest BCUT2D eigenvalue weighted by molar-refractivity contribution is -0.156. The Bertz CT molecular complexity index is 1280. The number of hydrogen-bond donors (Lipinski definition) is 5. The van der Waals surface area contributed by atoms with E-state index in [1.54, 1.807) is 33.2 Å². The third-order valence-corrected chi connectivity index (χ3v) is 8.17. The van der Waals surface area contributed by atoms with Crippen LogP contribution in [0, 0.1) is 17.8 Å². The van der Waals surface area contributed by atoms with E-state index in [2.05, 4.69) is 0 Å². The number of phenolic OH excluding ortho intramolecular Hbond substituents is 1. The lowest BCUT2D eigenvalue weighted by Crippen LogP contribution is -2.67. The summed E-state index contributed by atoms with van der Waals surface area (Å²) in [6, 6.07) is 3.41. The Kier molecular flexibility index (Phi) is 6.54. The first-order valence-corrected chi connectivity index (χ1v) is 12.3. The van der Waals surface area contributed by atoms with Crippen molar-refractivity contribution < 1.29 is 39.6 Å². The highest BCUT2D eigenvalue weighted by Gasteiger charge is 2.67. The maximum atomic E-state index is 13.8. The van der Waals surface area contributed by atoms with Gasteiger partial charge in [0.1, 0.15) is 28.6 Å². The Morgan fingerprint density at radius 1 is 1.14 bits per heavy atom. The van der Waals surface area contributed by atoms with Crippen molar-refractivity contribution in [2.24, 2.45) is 23.5 Å². The van der Waals surface area contributed by atoms with Crippen LogP contribution in [0.25, 0.3) is 0 Å². The largest absolute Gasteiger partial charge is 0.510 e. The van der Waals surface area contributed by atoms with E-state index >= 15 is 0 Å². The van der Waals surface area contributed by atoms with Gasteiger partial charge >= 0.3 is 0 Å². The predicted molar refractivity (Wildman–Crippen MR) is 132 cm³/mol. The molecule has 0 saturated carbocycles. The number of nitrogens with zero attached hydrogens (tertiary/aromatic N) is 1. The number of aliphatic hydroxyl groups excluding tert-OH is 2. The molecule has 0 aromatic heterocycles. The molecule has 0 bridgehead atoms. The number of fused-ring (bicyclic) bond motifs is 3. The molecule has 0 fully saturated rings. The monoisotopic (exact) mass is 512 g/mol. The minimum Gasteiger partial charge on any atom is -0.510 e. The average Bonchev–Trinajstić information content (AvgIpc) is 2.80. The molecular formula is C27H32N2O8. The smallest absolute Gasteiger partial charge is 0.255 e. The standard InChI is InChI=1S/C27H32N2O8/c1-5-7-12(30)10-14-16-11(2)13-8-6-9-15(31)17(13)22(32)18(16)24(34)27(37)20(14)21(29(3)4)23(33)19(25(27)35)26(28)36/h6,8-9,11,14,16,20-21,31,33-34,37H,5,7,10H2,1-4H3,(H2,28,36)/t11-,14-,16+,20+,21+,27-/m0/s1. The number of nitrogens with two attached hydrogens (primary N) is 1. The summed E-state index contributed by atoms with van der Waals surface area (Å²) < 4.78 is 0. The number of aromatic hydroxyl groups is 1. The highest BCUT2D eigenvalue weighted by Crippen LogP contribution is 2.58. The van der Waals surface area contributed by atoms with E-state index in [4.69, 9.17) is 5.73 Å². The fourth-order valence-corrected chi connectivity index (χ4v) is 6.71. The molecule has 3 aliphatic carbocycles. The van der Waals surface area contributed by atoms with Gasteiger partial charge in [0.15, 0.2) is 11.4 Å². The molecule has 198 valence electrons. The van der Waals surface area contributed by atoms with Crippen LogP contribution in [0.15, 0.2) is 40.9 Å². The van der Waals surface area contributed by atoms with Gasteiger partial charge in [-0.1, -0.05) is 26.0 Å². The van der Waals surface area contributed by atoms with E-state index < -0.39 is 69.9 Å². The molecule has 6 N–H and O–H groups in total. The van der Waals surface area contributed by atoms with Crippen LogP contribution in [-0.4, -0.2) is 74.3 Å². The number of allylic oxidation sites excluding steroid dienone is 1. The van der Waals surface area contributed by atoms with Crippen molar-refractivity contribution in [2.75, 3.05) is 14.1 Å². The number of hydrogen-bond acceptors (Lipinski definition) is 9. The first-order chi connectivity index (χ1) is 17.3. The maximum Gasteiger partial charge on any atom is 0.255 e. The van der Waals surface area contributed by atoms with Crippen molar-refractivity contribution in [2.45, 2.75) is 50.7 Å². The maximum absolute atomic E-state index is 13.8. The molecule has 3 aliphatic rings. The zero-order valence-corrected chi connectivity index (χ0v) is 21.2. The molecular weight excluding hydrogens is 480 g/mol. The molecule has 0 unspecified atom stereocenters. The normalized spacial score (nSPS) is 31.2. The van der Waals surface area contributed by atoms with Gasteiger partial charge in [-0.25, -0.2) is 0 Å². The van der Waals surface area contributed by atoms with Crippen LogP contribution in [0.4, 0.5) is 0 Å². The molecule has 0 saturated heterocycles. The fourth-order valence-electron chi connectivity index (χ4n) is 6.71. The summed E-state index contributed by atoms with van der Waals surface area (Å²) in [7, 11) is 3.11. The van der Waals surface area contributed by atoms with Crippen molar-refractivity contribution in [3.63, 3.8) is 0 Å². The summed E-state index contributed by atoms with van der Waals surface area (Å²) in [4.78, 5) is 54.1. The average molecular weight is 513 g/mol. The summed E-state index contributed by atoms with van der Waals surface area (Å²) in [5, 5.41) is 45.1. The minimum atomic E-state index is -2.81. The van der Waals surface area contributed by atoms with Gasteiger partial charge in [-0.15, -0.1) is 0 Å². The molecule has 4 rings (SSSR count). The van der Waals surface area contributed by atoms with E-state index in [1.165, 1.54) is 11.0 Å². The van der Waals surface area contributed by atoms with E-state index in [-0.39, 0.29) is 35.5 Å². The molecule has 37 heavy (non-hydrogen) atoms. The summed E-state index contributed by atoms with van der Waals surface area (Å²) in [6.07, 6.45) is 0.621. The lowest BCUT2D eigenvalue weighted by atomic mass is 9.51. The first kappa shape index (κ1) is 26.6. The summed E-state index contributed by atoms with van der Waals surface area (Å²) >= 11 is 0. The number of amides is 1. The molecule has 1 amide bonds. The van der Waals surface area contributed by atoms with Gasteiger partial charge in [0, 0.05) is 30.3 Å². The molecule has 1 aromatic carbocycles. The number of likely N-dealkylation sites (N-methyl/N-ethyl adjacent to an activating group) is 1. The topological polar surface area (TPSA) is 178 Å². The van der Waals surface area contributed by atoms with Crippen molar-refractivity contribution in [3.8, 4) is 5.75 Å². The number of primary amides is 1. The number of carbonyl (C=O) groups is 4. The van der Waals surface area contributed by atoms with Crippen LogP contribution >= 0.6 is 0 Å². The second kappa shape index (κ2) is 9.11. The van der Waals surface area contributed by atoms with Gasteiger partial charge in [0.25, 0.3) is 5.91 Å². The van der Waals surface area contributed by atoms with Crippen molar-refractivity contribution in [1.82, 2.24) is 4.90 Å². The van der Waals surface area contributed by atoms with E-state index in [0.717, 1.165) is 0 Å². The highest BCUT2D eigenvalue weighted by atomic mass is 16.3. The van der Waals surface area contributed by atoms with Gasteiger partial charge in [-0.05, 0) is 44.0 Å². The third-order valence-electron chi connectivity index (χ3n) is 8.17.